The number of benzene rings is 2. The molecule has 0 aliphatic rings. The number of ether oxygens (including phenoxy) is 2. The first-order valence-corrected chi connectivity index (χ1v) is 8.72. The number of hydrogen-bond acceptors (Lipinski definition) is 5. The highest BCUT2D eigenvalue weighted by atomic mass is 16.5. The van der Waals surface area contributed by atoms with E-state index in [4.69, 9.17) is 9.47 Å². The predicted octanol–water partition coefficient (Wildman–Crippen LogP) is 2.74. The first-order chi connectivity index (χ1) is 13.5. The number of methoxy groups -OCH3 is 2. The van der Waals surface area contributed by atoms with Crippen LogP contribution in [0.3, 0.4) is 0 Å². The minimum atomic E-state index is -0.382. The van der Waals surface area contributed by atoms with Gasteiger partial charge in [-0.05, 0) is 42.8 Å². The fourth-order valence-electron chi connectivity index (χ4n) is 2.76. The van der Waals surface area contributed by atoms with Crippen LogP contribution in [-0.2, 0) is 0 Å². The predicted molar refractivity (Wildman–Crippen MR) is 105 cm³/mol. The van der Waals surface area contributed by atoms with Crippen LogP contribution in [0, 0.1) is 0 Å². The molecule has 3 aromatic rings. The van der Waals surface area contributed by atoms with Crippen molar-refractivity contribution in [2.45, 2.75) is 13.0 Å². The number of carbonyl (C=O) groups is 1. The van der Waals surface area contributed by atoms with Gasteiger partial charge in [-0.15, -0.1) is 0 Å². The molecule has 1 aromatic heterocycles. The first kappa shape index (κ1) is 19.2. The Hall–Kier alpha value is -3.61. The van der Waals surface area contributed by atoms with Crippen molar-refractivity contribution in [3.05, 3.63) is 82.3 Å². The van der Waals surface area contributed by atoms with E-state index in [9.17, 15) is 9.59 Å². The number of carbonyl (C=O) groups excluding carboxylic acids is 1. The van der Waals surface area contributed by atoms with E-state index >= 15 is 0 Å². The van der Waals surface area contributed by atoms with Gasteiger partial charge in [0.1, 0.15) is 5.69 Å². The summed E-state index contributed by atoms with van der Waals surface area (Å²) in [4.78, 5) is 24.8. The summed E-state index contributed by atoms with van der Waals surface area (Å²) >= 11 is 0. The molecular formula is C21H21N3O4. The number of amides is 1. The average molecular weight is 379 g/mol. The van der Waals surface area contributed by atoms with Crippen LogP contribution in [0.2, 0.25) is 0 Å². The molecule has 0 saturated carbocycles. The van der Waals surface area contributed by atoms with Crippen LogP contribution >= 0.6 is 0 Å². The smallest absolute Gasteiger partial charge is 0.272 e. The summed E-state index contributed by atoms with van der Waals surface area (Å²) in [6.07, 6.45) is 0. The highest BCUT2D eigenvalue weighted by Gasteiger charge is 2.16. The van der Waals surface area contributed by atoms with Crippen LogP contribution in [-0.4, -0.2) is 29.9 Å². The summed E-state index contributed by atoms with van der Waals surface area (Å²) in [6.45, 7) is 1.85. The molecule has 0 aliphatic heterocycles. The maximum absolute atomic E-state index is 12.7. The Morgan fingerprint density at radius 2 is 1.71 bits per heavy atom. The molecule has 1 N–H and O–H groups in total. The molecule has 7 nitrogen and oxygen atoms in total. The van der Waals surface area contributed by atoms with Crippen LogP contribution in [0.15, 0.2) is 65.5 Å². The lowest BCUT2D eigenvalue weighted by Gasteiger charge is -2.16. The standard InChI is InChI=1S/C21H21N3O4/c1-14(15-9-11-18(27-2)19(13-15)28-3)22-21(26)17-10-12-20(25)24(23-17)16-7-5-4-6-8-16/h4-14H,1-3H3,(H,22,26). The molecule has 1 unspecified atom stereocenters. The van der Waals surface area contributed by atoms with E-state index in [0.29, 0.717) is 17.2 Å². The molecule has 0 aliphatic carbocycles. The van der Waals surface area contributed by atoms with Gasteiger partial charge in [-0.25, -0.2) is 0 Å². The van der Waals surface area contributed by atoms with E-state index in [0.717, 1.165) is 5.56 Å². The lowest BCUT2D eigenvalue weighted by molar-refractivity contribution is 0.0933. The Balaban J connectivity index is 1.82. The molecule has 1 atom stereocenters. The van der Waals surface area contributed by atoms with Crippen LogP contribution in [0.4, 0.5) is 0 Å². The normalized spacial score (nSPS) is 11.5. The molecule has 0 spiro atoms. The van der Waals surface area contributed by atoms with Crippen LogP contribution < -0.4 is 20.3 Å². The van der Waals surface area contributed by atoms with Gasteiger partial charge in [0.15, 0.2) is 11.5 Å². The number of nitrogens with zero attached hydrogens (tertiary/aromatic N) is 2. The minimum Gasteiger partial charge on any atom is -0.493 e. The molecule has 3 rings (SSSR count). The Bertz CT molecular complexity index is 1030. The minimum absolute atomic E-state index is 0.149. The number of rotatable bonds is 6. The zero-order valence-electron chi connectivity index (χ0n) is 15.9. The van der Waals surface area contributed by atoms with E-state index in [1.165, 1.54) is 16.8 Å². The lowest BCUT2D eigenvalue weighted by atomic mass is 10.1. The van der Waals surface area contributed by atoms with E-state index in [-0.39, 0.29) is 23.2 Å². The topological polar surface area (TPSA) is 82.5 Å². The van der Waals surface area contributed by atoms with Gasteiger partial charge in [-0.3, -0.25) is 9.59 Å². The van der Waals surface area contributed by atoms with Crippen molar-refractivity contribution in [3.8, 4) is 17.2 Å². The van der Waals surface area contributed by atoms with Crippen molar-refractivity contribution in [1.29, 1.82) is 0 Å². The Kier molecular flexibility index (Phi) is 5.74. The van der Waals surface area contributed by atoms with E-state index in [2.05, 4.69) is 10.4 Å². The largest absolute Gasteiger partial charge is 0.493 e. The lowest BCUT2D eigenvalue weighted by Crippen LogP contribution is -2.30. The number of para-hydroxylation sites is 1. The van der Waals surface area contributed by atoms with Crippen LogP contribution in [0.5, 0.6) is 11.5 Å². The van der Waals surface area contributed by atoms with Crippen LogP contribution in [0.1, 0.15) is 29.0 Å². The molecule has 1 amide bonds. The fourth-order valence-corrected chi connectivity index (χ4v) is 2.76. The third kappa shape index (κ3) is 4.03. The molecule has 0 bridgehead atoms. The second-order valence-corrected chi connectivity index (χ2v) is 6.11. The molecule has 0 saturated heterocycles. The van der Waals surface area contributed by atoms with Crippen molar-refractivity contribution in [3.63, 3.8) is 0 Å². The summed E-state index contributed by atoms with van der Waals surface area (Å²) in [7, 11) is 3.12. The third-order valence-corrected chi connectivity index (χ3v) is 4.29. The van der Waals surface area contributed by atoms with Crippen molar-refractivity contribution in [1.82, 2.24) is 15.1 Å². The molecule has 0 fully saturated rings. The third-order valence-electron chi connectivity index (χ3n) is 4.29. The molecule has 144 valence electrons. The van der Waals surface area contributed by atoms with Gasteiger partial charge in [0.25, 0.3) is 11.5 Å². The average Bonchev–Trinajstić information content (AvgIpc) is 2.74. The van der Waals surface area contributed by atoms with Gasteiger partial charge in [-0.2, -0.15) is 9.78 Å². The SMILES string of the molecule is COc1ccc(C(C)NC(=O)c2ccc(=O)n(-c3ccccc3)n2)cc1OC. The van der Waals surface area contributed by atoms with Crippen LogP contribution in [0.25, 0.3) is 5.69 Å². The number of nitrogens with one attached hydrogen (secondary N) is 1. The maximum Gasteiger partial charge on any atom is 0.272 e. The summed E-state index contributed by atoms with van der Waals surface area (Å²) in [5, 5.41) is 7.08. The molecule has 2 aromatic carbocycles. The van der Waals surface area contributed by atoms with Gasteiger partial charge in [0.2, 0.25) is 0 Å². The van der Waals surface area contributed by atoms with Gasteiger partial charge in [0, 0.05) is 6.07 Å². The Morgan fingerprint density at radius 3 is 2.39 bits per heavy atom. The molecule has 7 heteroatoms. The quantitative estimate of drug-likeness (QED) is 0.712. The van der Waals surface area contributed by atoms with Crippen molar-refractivity contribution in [2.75, 3.05) is 14.2 Å². The number of aromatic nitrogens is 2. The molecule has 1 heterocycles. The van der Waals surface area contributed by atoms with Gasteiger partial charge in [-0.1, -0.05) is 24.3 Å². The summed E-state index contributed by atoms with van der Waals surface area (Å²) in [6, 6.07) is 16.8. The van der Waals surface area contributed by atoms with Gasteiger partial charge < -0.3 is 14.8 Å². The molecule has 0 radical (unpaired) electrons. The van der Waals surface area contributed by atoms with E-state index in [1.807, 2.05) is 25.1 Å². The zero-order chi connectivity index (χ0) is 20.1. The zero-order valence-corrected chi connectivity index (χ0v) is 15.9. The Morgan fingerprint density at radius 1 is 1.00 bits per heavy atom. The van der Waals surface area contributed by atoms with Gasteiger partial charge >= 0.3 is 0 Å². The summed E-state index contributed by atoms with van der Waals surface area (Å²) in [5.41, 5.74) is 1.28. The first-order valence-electron chi connectivity index (χ1n) is 8.72. The highest BCUT2D eigenvalue weighted by molar-refractivity contribution is 5.92. The summed E-state index contributed by atoms with van der Waals surface area (Å²) in [5.74, 6) is 0.810. The van der Waals surface area contributed by atoms with Crippen molar-refractivity contribution < 1.29 is 14.3 Å². The highest BCUT2D eigenvalue weighted by Crippen LogP contribution is 2.29. The monoisotopic (exact) mass is 379 g/mol. The fraction of sp³-hybridized carbons (Fsp3) is 0.190. The summed E-state index contributed by atoms with van der Waals surface area (Å²) < 4.78 is 11.7. The van der Waals surface area contributed by atoms with E-state index in [1.54, 1.807) is 44.6 Å². The van der Waals surface area contributed by atoms with Crippen molar-refractivity contribution >= 4 is 5.91 Å². The number of hydrogen-bond donors (Lipinski definition) is 1. The maximum atomic E-state index is 12.7. The molecule has 28 heavy (non-hydrogen) atoms. The van der Waals surface area contributed by atoms with E-state index < -0.39 is 0 Å². The second kappa shape index (κ2) is 8.39. The van der Waals surface area contributed by atoms with Gasteiger partial charge in [0.05, 0.1) is 25.9 Å². The molecular weight excluding hydrogens is 358 g/mol. The second-order valence-electron chi connectivity index (χ2n) is 6.11. The van der Waals surface area contributed by atoms with Crippen molar-refractivity contribution in [2.24, 2.45) is 0 Å². The Labute approximate surface area is 162 Å².